The Morgan fingerprint density at radius 1 is 1.12 bits per heavy atom. The zero-order chi connectivity index (χ0) is 17.3. The van der Waals surface area contributed by atoms with Crippen molar-refractivity contribution < 1.29 is 19.1 Å². The fraction of sp³-hybridized carbons (Fsp3) is 0.263. The molecule has 0 saturated carbocycles. The van der Waals surface area contributed by atoms with Crippen molar-refractivity contribution >= 4 is 11.8 Å². The molecule has 1 N–H and O–H groups in total. The predicted octanol–water partition coefficient (Wildman–Crippen LogP) is 2.58. The highest BCUT2D eigenvalue weighted by atomic mass is 19.1. The fourth-order valence-electron chi connectivity index (χ4n) is 3.06. The van der Waals surface area contributed by atoms with E-state index in [1.54, 1.807) is 6.92 Å². The zero-order valence-electron chi connectivity index (χ0n) is 13.3. The largest absolute Gasteiger partial charge is 0.387 e. The average Bonchev–Trinajstić information content (AvgIpc) is 2.80. The lowest BCUT2D eigenvalue weighted by molar-refractivity contribution is -0.141. The second-order valence-corrected chi connectivity index (χ2v) is 6.25. The van der Waals surface area contributed by atoms with Gasteiger partial charge in [-0.3, -0.25) is 14.5 Å². The maximum absolute atomic E-state index is 13.0. The minimum atomic E-state index is -1.04. The first-order valence-electron chi connectivity index (χ1n) is 7.75. The SMILES string of the molecule is C[C@@]1(c2ccccc2)CC(=O)N(C[C@@H](O)c2ccc(F)cc2)C1=O. The third kappa shape index (κ3) is 2.83. The number of hydrogen-bond acceptors (Lipinski definition) is 3. The maximum Gasteiger partial charge on any atom is 0.240 e. The van der Waals surface area contributed by atoms with E-state index in [4.69, 9.17) is 0 Å². The quantitative estimate of drug-likeness (QED) is 0.878. The molecule has 2 amide bonds. The number of hydrogen-bond donors (Lipinski definition) is 1. The summed E-state index contributed by atoms with van der Waals surface area (Å²) in [7, 11) is 0. The van der Waals surface area contributed by atoms with Gasteiger partial charge >= 0.3 is 0 Å². The Labute approximate surface area is 139 Å². The second-order valence-electron chi connectivity index (χ2n) is 6.25. The minimum absolute atomic E-state index is 0.0754. The topological polar surface area (TPSA) is 57.6 Å². The van der Waals surface area contributed by atoms with Gasteiger partial charge in [0.1, 0.15) is 5.82 Å². The number of likely N-dealkylation sites (tertiary alicyclic amines) is 1. The molecule has 0 unspecified atom stereocenters. The van der Waals surface area contributed by atoms with Crippen LogP contribution in [0.3, 0.4) is 0 Å². The normalized spacial score (nSPS) is 22.0. The Kier molecular flexibility index (Phi) is 4.20. The number of amides is 2. The molecule has 0 radical (unpaired) electrons. The van der Waals surface area contributed by atoms with E-state index in [-0.39, 0.29) is 24.8 Å². The number of carbonyl (C=O) groups excluding carboxylic acids is 2. The van der Waals surface area contributed by atoms with Crippen LogP contribution in [0.25, 0.3) is 0 Å². The maximum atomic E-state index is 13.0. The van der Waals surface area contributed by atoms with Gasteiger partial charge in [0.05, 0.1) is 18.1 Å². The van der Waals surface area contributed by atoms with Gasteiger partial charge in [0.25, 0.3) is 0 Å². The van der Waals surface area contributed by atoms with E-state index in [0.717, 1.165) is 10.5 Å². The molecule has 0 aromatic heterocycles. The molecule has 0 aliphatic carbocycles. The number of β-amino-alcohol motifs (C(OH)–C–C–N with tert-alkyl or cyclic N) is 1. The molecular weight excluding hydrogens is 309 g/mol. The van der Waals surface area contributed by atoms with Gasteiger partial charge in [-0.1, -0.05) is 42.5 Å². The summed E-state index contributed by atoms with van der Waals surface area (Å²) in [5.41, 5.74) is 0.327. The monoisotopic (exact) mass is 327 g/mol. The van der Waals surface area contributed by atoms with Crippen molar-refractivity contribution in [2.45, 2.75) is 24.9 Å². The Bertz CT molecular complexity index is 760. The number of nitrogens with zero attached hydrogens (tertiary/aromatic N) is 1. The summed E-state index contributed by atoms with van der Waals surface area (Å²) in [6.07, 6.45) is -0.969. The van der Waals surface area contributed by atoms with Crippen molar-refractivity contribution in [2.24, 2.45) is 0 Å². The van der Waals surface area contributed by atoms with Gasteiger partial charge in [-0.05, 0) is 30.2 Å². The van der Waals surface area contributed by atoms with Crippen LogP contribution in [0.5, 0.6) is 0 Å². The van der Waals surface area contributed by atoms with E-state index >= 15 is 0 Å². The smallest absolute Gasteiger partial charge is 0.240 e. The molecule has 5 heteroatoms. The lowest BCUT2D eigenvalue weighted by Crippen LogP contribution is -2.38. The summed E-state index contributed by atoms with van der Waals surface area (Å²) in [6.45, 7) is 1.61. The standard InChI is InChI=1S/C19H18FNO3/c1-19(14-5-3-2-4-6-14)11-17(23)21(18(19)24)12-16(22)13-7-9-15(20)10-8-13/h2-10,16,22H,11-12H2,1H3/t16-,19+/m1/s1. The number of benzene rings is 2. The van der Waals surface area contributed by atoms with E-state index in [2.05, 4.69) is 0 Å². The van der Waals surface area contributed by atoms with Gasteiger partial charge in [-0.25, -0.2) is 4.39 Å². The van der Waals surface area contributed by atoms with Gasteiger partial charge in [0.15, 0.2) is 0 Å². The molecule has 0 bridgehead atoms. The lowest BCUT2D eigenvalue weighted by Gasteiger charge is -2.24. The molecular formula is C19H18FNO3. The molecule has 0 spiro atoms. The number of aliphatic hydroxyl groups is 1. The van der Waals surface area contributed by atoms with E-state index in [1.165, 1.54) is 24.3 Å². The molecule has 1 saturated heterocycles. The van der Waals surface area contributed by atoms with Crippen LogP contribution in [-0.4, -0.2) is 28.4 Å². The van der Waals surface area contributed by atoms with Crippen LogP contribution in [0.2, 0.25) is 0 Å². The predicted molar refractivity (Wildman–Crippen MR) is 86.5 cm³/mol. The van der Waals surface area contributed by atoms with E-state index in [9.17, 15) is 19.1 Å². The Balaban J connectivity index is 1.81. The number of halogens is 1. The molecule has 2 aromatic rings. The molecule has 1 fully saturated rings. The van der Waals surface area contributed by atoms with Crippen molar-refractivity contribution in [3.8, 4) is 0 Å². The summed E-state index contributed by atoms with van der Waals surface area (Å²) in [5, 5.41) is 10.3. The van der Waals surface area contributed by atoms with Crippen LogP contribution in [0.4, 0.5) is 4.39 Å². The zero-order valence-corrected chi connectivity index (χ0v) is 13.3. The highest BCUT2D eigenvalue weighted by molar-refractivity contribution is 6.08. The molecule has 3 rings (SSSR count). The van der Waals surface area contributed by atoms with Crippen LogP contribution in [-0.2, 0) is 15.0 Å². The van der Waals surface area contributed by atoms with E-state index in [1.807, 2.05) is 30.3 Å². The van der Waals surface area contributed by atoms with Crippen LogP contribution in [0.1, 0.15) is 30.6 Å². The summed E-state index contributed by atoms with van der Waals surface area (Å²) < 4.78 is 13.0. The summed E-state index contributed by atoms with van der Waals surface area (Å²) in [4.78, 5) is 26.2. The molecule has 4 nitrogen and oxygen atoms in total. The average molecular weight is 327 g/mol. The molecule has 124 valence electrons. The minimum Gasteiger partial charge on any atom is -0.387 e. The van der Waals surface area contributed by atoms with Gasteiger partial charge in [-0.15, -0.1) is 0 Å². The first-order valence-corrected chi connectivity index (χ1v) is 7.75. The van der Waals surface area contributed by atoms with E-state index < -0.39 is 17.3 Å². The molecule has 2 aromatic carbocycles. The molecule has 2 atom stereocenters. The van der Waals surface area contributed by atoms with Crippen LogP contribution in [0, 0.1) is 5.82 Å². The second kappa shape index (κ2) is 6.17. The Morgan fingerprint density at radius 3 is 2.38 bits per heavy atom. The molecule has 1 heterocycles. The summed E-state index contributed by atoms with van der Waals surface area (Å²) >= 11 is 0. The van der Waals surface area contributed by atoms with Gasteiger partial charge in [-0.2, -0.15) is 0 Å². The Hall–Kier alpha value is -2.53. The number of rotatable bonds is 4. The Morgan fingerprint density at radius 2 is 1.75 bits per heavy atom. The number of imide groups is 1. The van der Waals surface area contributed by atoms with Crippen molar-refractivity contribution in [3.05, 3.63) is 71.5 Å². The first kappa shape index (κ1) is 16.3. The van der Waals surface area contributed by atoms with Crippen LogP contribution >= 0.6 is 0 Å². The van der Waals surface area contributed by atoms with Crippen LogP contribution < -0.4 is 0 Å². The molecule has 24 heavy (non-hydrogen) atoms. The third-order valence-electron chi connectivity index (χ3n) is 4.54. The first-order chi connectivity index (χ1) is 11.4. The summed E-state index contributed by atoms with van der Waals surface area (Å²) in [6, 6.07) is 14.5. The van der Waals surface area contributed by atoms with Crippen molar-refractivity contribution in [3.63, 3.8) is 0 Å². The van der Waals surface area contributed by atoms with E-state index in [0.29, 0.717) is 5.56 Å². The van der Waals surface area contributed by atoms with Crippen molar-refractivity contribution in [1.82, 2.24) is 4.90 Å². The fourth-order valence-corrected chi connectivity index (χ4v) is 3.06. The van der Waals surface area contributed by atoms with Crippen LogP contribution in [0.15, 0.2) is 54.6 Å². The van der Waals surface area contributed by atoms with Crippen molar-refractivity contribution in [1.29, 1.82) is 0 Å². The number of carbonyl (C=O) groups is 2. The van der Waals surface area contributed by atoms with Gasteiger partial charge in [0, 0.05) is 6.42 Å². The molecule has 1 aliphatic rings. The summed E-state index contributed by atoms with van der Waals surface area (Å²) in [5.74, 6) is -1.04. The highest BCUT2D eigenvalue weighted by Gasteiger charge is 2.49. The lowest BCUT2D eigenvalue weighted by atomic mass is 9.81. The highest BCUT2D eigenvalue weighted by Crippen LogP contribution is 2.36. The van der Waals surface area contributed by atoms with Gasteiger partial charge in [0.2, 0.25) is 11.8 Å². The number of aliphatic hydroxyl groups excluding tert-OH is 1. The molecule has 1 aliphatic heterocycles. The third-order valence-corrected chi connectivity index (χ3v) is 4.54. The van der Waals surface area contributed by atoms with Gasteiger partial charge < -0.3 is 5.11 Å². The van der Waals surface area contributed by atoms with Crippen molar-refractivity contribution in [2.75, 3.05) is 6.54 Å².